The van der Waals surface area contributed by atoms with Gasteiger partial charge in [0.2, 0.25) is 11.7 Å². The highest BCUT2D eigenvalue weighted by Crippen LogP contribution is 2.21. The quantitative estimate of drug-likeness (QED) is 0.837. The van der Waals surface area contributed by atoms with Crippen molar-refractivity contribution in [2.75, 3.05) is 13.1 Å². The number of carboxylic acid groups (broad SMARTS) is 1. The van der Waals surface area contributed by atoms with Crippen LogP contribution in [0.5, 0.6) is 0 Å². The van der Waals surface area contributed by atoms with Crippen LogP contribution in [0.3, 0.4) is 0 Å². The Morgan fingerprint density at radius 1 is 1.58 bits per heavy atom. The topological polar surface area (TPSA) is 79.5 Å². The molecule has 0 aromatic carbocycles. The van der Waals surface area contributed by atoms with Gasteiger partial charge in [0, 0.05) is 6.54 Å². The zero-order chi connectivity index (χ0) is 13.7. The van der Waals surface area contributed by atoms with E-state index in [1.54, 1.807) is 11.3 Å². The first kappa shape index (κ1) is 13.7. The molecule has 19 heavy (non-hydrogen) atoms. The number of nitrogens with zero attached hydrogens (tertiary/aromatic N) is 3. The molecule has 0 aliphatic carbocycles. The number of thiophene rings is 1. The molecule has 0 aliphatic heterocycles. The Hall–Kier alpha value is -1.73. The van der Waals surface area contributed by atoms with Crippen LogP contribution in [-0.4, -0.2) is 39.2 Å². The first-order chi connectivity index (χ1) is 9.19. The Morgan fingerprint density at radius 3 is 3.05 bits per heavy atom. The van der Waals surface area contributed by atoms with Crippen molar-refractivity contribution in [2.24, 2.45) is 0 Å². The molecule has 0 saturated carbocycles. The van der Waals surface area contributed by atoms with Crippen LogP contribution >= 0.6 is 11.3 Å². The second-order valence-electron chi connectivity index (χ2n) is 4.00. The molecule has 0 spiro atoms. The molecule has 2 rings (SSSR count). The highest BCUT2D eigenvalue weighted by Gasteiger charge is 2.13. The van der Waals surface area contributed by atoms with Gasteiger partial charge in [0.05, 0.1) is 17.8 Å². The Balaban J connectivity index is 1.96. The molecule has 0 saturated heterocycles. The number of hydrogen-bond donors (Lipinski definition) is 1. The SMILES string of the molecule is CCN(CCC(=O)O)Cc1nc(-c2cccs2)no1. The lowest BCUT2D eigenvalue weighted by Gasteiger charge is -2.16. The zero-order valence-electron chi connectivity index (χ0n) is 10.6. The van der Waals surface area contributed by atoms with E-state index in [4.69, 9.17) is 9.63 Å². The van der Waals surface area contributed by atoms with E-state index in [9.17, 15) is 4.79 Å². The van der Waals surface area contributed by atoms with Crippen molar-refractivity contribution in [3.05, 3.63) is 23.4 Å². The van der Waals surface area contributed by atoms with Crippen molar-refractivity contribution < 1.29 is 14.4 Å². The Morgan fingerprint density at radius 2 is 2.42 bits per heavy atom. The standard InChI is InChI=1S/C12H15N3O3S/c1-2-15(6-5-11(16)17)8-10-13-12(14-18-10)9-4-3-7-19-9/h3-4,7H,2,5-6,8H2,1H3,(H,16,17). The molecule has 0 atom stereocenters. The summed E-state index contributed by atoms with van der Waals surface area (Å²) < 4.78 is 5.18. The van der Waals surface area contributed by atoms with Gasteiger partial charge in [-0.15, -0.1) is 11.3 Å². The molecule has 2 aromatic heterocycles. The van der Waals surface area contributed by atoms with E-state index in [0.29, 0.717) is 24.8 Å². The van der Waals surface area contributed by atoms with Crippen molar-refractivity contribution >= 4 is 17.3 Å². The molecule has 6 nitrogen and oxygen atoms in total. The summed E-state index contributed by atoms with van der Waals surface area (Å²) in [6.07, 6.45) is 0.111. The zero-order valence-corrected chi connectivity index (χ0v) is 11.4. The Bertz CT molecular complexity index is 524. The lowest BCUT2D eigenvalue weighted by molar-refractivity contribution is -0.137. The maximum atomic E-state index is 10.6. The minimum Gasteiger partial charge on any atom is -0.481 e. The van der Waals surface area contributed by atoms with Gasteiger partial charge >= 0.3 is 5.97 Å². The fourth-order valence-corrected chi connectivity index (χ4v) is 2.27. The van der Waals surface area contributed by atoms with E-state index in [1.807, 2.05) is 29.3 Å². The van der Waals surface area contributed by atoms with E-state index in [2.05, 4.69) is 10.1 Å². The fraction of sp³-hybridized carbons (Fsp3) is 0.417. The van der Waals surface area contributed by atoms with Crippen molar-refractivity contribution in [3.8, 4) is 10.7 Å². The van der Waals surface area contributed by atoms with Gasteiger partial charge in [0.1, 0.15) is 0 Å². The van der Waals surface area contributed by atoms with Gasteiger partial charge in [-0.05, 0) is 18.0 Å². The lowest BCUT2D eigenvalue weighted by Crippen LogP contribution is -2.25. The number of hydrogen-bond acceptors (Lipinski definition) is 6. The average Bonchev–Trinajstić information content (AvgIpc) is 3.04. The predicted molar refractivity (Wildman–Crippen MR) is 70.8 cm³/mol. The summed E-state index contributed by atoms with van der Waals surface area (Å²) in [7, 11) is 0. The summed E-state index contributed by atoms with van der Waals surface area (Å²) in [6, 6.07) is 3.86. The minimum absolute atomic E-state index is 0.111. The number of carboxylic acids is 1. The lowest BCUT2D eigenvalue weighted by atomic mass is 10.3. The third-order valence-corrected chi connectivity index (χ3v) is 3.52. The van der Waals surface area contributed by atoms with Crippen molar-refractivity contribution in [2.45, 2.75) is 19.9 Å². The summed E-state index contributed by atoms with van der Waals surface area (Å²) in [6.45, 7) is 3.66. The van der Waals surface area contributed by atoms with Crippen LogP contribution in [0.1, 0.15) is 19.2 Å². The van der Waals surface area contributed by atoms with Gasteiger partial charge < -0.3 is 9.63 Å². The van der Waals surface area contributed by atoms with E-state index >= 15 is 0 Å². The molecule has 0 radical (unpaired) electrons. The molecular weight excluding hydrogens is 266 g/mol. The number of rotatable bonds is 7. The van der Waals surface area contributed by atoms with Gasteiger partial charge in [0.15, 0.2) is 0 Å². The van der Waals surface area contributed by atoms with E-state index < -0.39 is 5.97 Å². The summed E-state index contributed by atoms with van der Waals surface area (Å²) in [4.78, 5) is 17.8. The van der Waals surface area contributed by atoms with Crippen LogP contribution in [0, 0.1) is 0 Å². The maximum Gasteiger partial charge on any atom is 0.304 e. The molecule has 102 valence electrons. The molecular formula is C12H15N3O3S. The number of carbonyl (C=O) groups is 1. The second kappa shape index (κ2) is 6.44. The van der Waals surface area contributed by atoms with Crippen molar-refractivity contribution in [1.29, 1.82) is 0 Å². The Labute approximate surface area is 114 Å². The number of aromatic nitrogens is 2. The van der Waals surface area contributed by atoms with Gasteiger partial charge in [-0.1, -0.05) is 18.1 Å². The summed E-state index contributed by atoms with van der Waals surface area (Å²) in [5, 5.41) is 14.6. The molecule has 2 heterocycles. The van der Waals surface area contributed by atoms with Gasteiger partial charge in [0.25, 0.3) is 0 Å². The van der Waals surface area contributed by atoms with Crippen molar-refractivity contribution in [3.63, 3.8) is 0 Å². The largest absolute Gasteiger partial charge is 0.481 e. The molecule has 0 bridgehead atoms. The first-order valence-corrected chi connectivity index (χ1v) is 6.87. The molecule has 2 aromatic rings. The van der Waals surface area contributed by atoms with E-state index in [1.165, 1.54) is 0 Å². The van der Waals surface area contributed by atoms with Gasteiger partial charge in [-0.2, -0.15) is 4.98 Å². The second-order valence-corrected chi connectivity index (χ2v) is 4.95. The third-order valence-electron chi connectivity index (χ3n) is 2.66. The summed E-state index contributed by atoms with van der Waals surface area (Å²) >= 11 is 1.55. The molecule has 1 N–H and O–H groups in total. The van der Waals surface area contributed by atoms with Crippen LogP contribution in [0.2, 0.25) is 0 Å². The highest BCUT2D eigenvalue weighted by molar-refractivity contribution is 7.13. The fourth-order valence-electron chi connectivity index (χ4n) is 1.62. The number of aliphatic carboxylic acids is 1. The van der Waals surface area contributed by atoms with Gasteiger partial charge in [-0.3, -0.25) is 9.69 Å². The van der Waals surface area contributed by atoms with Crippen LogP contribution in [0.25, 0.3) is 10.7 Å². The first-order valence-electron chi connectivity index (χ1n) is 5.99. The molecule has 7 heteroatoms. The van der Waals surface area contributed by atoms with E-state index in [-0.39, 0.29) is 6.42 Å². The smallest absolute Gasteiger partial charge is 0.304 e. The molecule has 0 fully saturated rings. The molecule has 0 aliphatic rings. The normalized spacial score (nSPS) is 11.1. The maximum absolute atomic E-state index is 10.6. The van der Waals surface area contributed by atoms with Crippen LogP contribution in [0.4, 0.5) is 0 Å². The summed E-state index contributed by atoms with van der Waals surface area (Å²) in [5.41, 5.74) is 0. The molecule has 0 amide bonds. The Kier molecular flexibility index (Phi) is 4.64. The molecule has 0 unspecified atom stereocenters. The average molecular weight is 281 g/mol. The monoisotopic (exact) mass is 281 g/mol. The minimum atomic E-state index is -0.803. The highest BCUT2D eigenvalue weighted by atomic mass is 32.1. The van der Waals surface area contributed by atoms with Crippen molar-refractivity contribution in [1.82, 2.24) is 15.0 Å². The third kappa shape index (κ3) is 3.87. The van der Waals surface area contributed by atoms with Gasteiger partial charge in [-0.25, -0.2) is 0 Å². The van der Waals surface area contributed by atoms with Crippen LogP contribution in [-0.2, 0) is 11.3 Å². The van der Waals surface area contributed by atoms with Crippen LogP contribution < -0.4 is 0 Å². The summed E-state index contributed by atoms with van der Waals surface area (Å²) in [5.74, 6) is 0.290. The van der Waals surface area contributed by atoms with Crippen LogP contribution in [0.15, 0.2) is 22.0 Å². The van der Waals surface area contributed by atoms with E-state index in [0.717, 1.165) is 11.4 Å². The predicted octanol–water partition coefficient (Wildman–Crippen LogP) is 2.09.